The first kappa shape index (κ1) is 19.5. The van der Waals surface area contributed by atoms with Gasteiger partial charge >= 0.3 is 0 Å². The van der Waals surface area contributed by atoms with Crippen molar-refractivity contribution in [3.05, 3.63) is 72.4 Å². The third-order valence-electron chi connectivity index (χ3n) is 5.88. The van der Waals surface area contributed by atoms with Crippen molar-refractivity contribution < 1.29 is 4.39 Å². The molecule has 1 saturated heterocycles. The van der Waals surface area contributed by atoms with E-state index in [2.05, 4.69) is 57.0 Å². The molecular weight excluding hydrogens is 391 g/mol. The first-order chi connectivity index (χ1) is 15.0. The maximum absolute atomic E-state index is 14.5. The molecule has 1 N–H and O–H groups in total. The number of anilines is 2. The van der Waals surface area contributed by atoms with E-state index in [4.69, 9.17) is 0 Å². The Labute approximate surface area is 181 Å². The summed E-state index contributed by atoms with van der Waals surface area (Å²) in [4.78, 5) is 9.22. The fourth-order valence-corrected chi connectivity index (χ4v) is 4.06. The van der Waals surface area contributed by atoms with Gasteiger partial charge < -0.3 is 15.1 Å². The Morgan fingerprint density at radius 2 is 1.87 bits per heavy atom. The molecule has 0 saturated carbocycles. The van der Waals surface area contributed by atoms with E-state index < -0.39 is 0 Å². The molecule has 0 aliphatic carbocycles. The molecule has 31 heavy (non-hydrogen) atoms. The molecule has 0 spiro atoms. The molecule has 0 radical (unpaired) electrons. The van der Waals surface area contributed by atoms with Crippen LogP contribution in [0, 0.1) is 5.82 Å². The van der Waals surface area contributed by atoms with Crippen molar-refractivity contribution in [3.63, 3.8) is 0 Å². The van der Waals surface area contributed by atoms with Gasteiger partial charge in [0.1, 0.15) is 5.82 Å². The molecule has 0 unspecified atom stereocenters. The van der Waals surface area contributed by atoms with Crippen LogP contribution < -0.4 is 10.2 Å². The molecule has 6 nitrogen and oxygen atoms in total. The Hall–Kier alpha value is -3.45. The quantitative estimate of drug-likeness (QED) is 0.682. The van der Waals surface area contributed by atoms with Gasteiger partial charge in [0, 0.05) is 73.6 Å². The minimum Gasteiger partial charge on any atom is -0.369 e. The lowest BCUT2D eigenvalue weighted by Crippen LogP contribution is -2.44. The number of nitrogens with one attached hydrogen (secondary N) is 1. The van der Waals surface area contributed by atoms with Crippen LogP contribution in [0.2, 0.25) is 0 Å². The van der Waals surface area contributed by atoms with Crippen LogP contribution >= 0.6 is 0 Å². The molecule has 1 aromatic heterocycles. The largest absolute Gasteiger partial charge is 0.369 e. The van der Waals surface area contributed by atoms with Gasteiger partial charge in [-0.25, -0.2) is 9.38 Å². The van der Waals surface area contributed by atoms with E-state index in [1.54, 1.807) is 17.1 Å². The molecule has 0 amide bonds. The van der Waals surface area contributed by atoms with Crippen molar-refractivity contribution >= 4 is 22.8 Å². The van der Waals surface area contributed by atoms with E-state index in [9.17, 15) is 4.39 Å². The number of likely N-dealkylation sites (N-methyl/N-ethyl adjacent to an activating group) is 1. The van der Waals surface area contributed by atoms with Crippen molar-refractivity contribution in [2.45, 2.75) is 0 Å². The number of hydrogen-bond acceptors (Lipinski definition) is 5. The zero-order valence-corrected chi connectivity index (χ0v) is 17.8. The van der Waals surface area contributed by atoms with Gasteiger partial charge in [-0.3, -0.25) is 4.68 Å². The van der Waals surface area contributed by atoms with Crippen LogP contribution in [-0.2, 0) is 7.05 Å². The first-order valence-electron chi connectivity index (χ1n) is 10.4. The summed E-state index contributed by atoms with van der Waals surface area (Å²) in [6.45, 7) is 8.34. The molecule has 158 valence electrons. The third-order valence-corrected chi connectivity index (χ3v) is 5.88. The number of aromatic nitrogens is 2. The Kier molecular flexibility index (Phi) is 4.82. The third kappa shape index (κ3) is 3.72. The number of nitrogens with zero attached hydrogens (tertiary/aromatic N) is 5. The number of fused-ring (bicyclic) bond motifs is 1. The molecule has 0 bridgehead atoms. The van der Waals surface area contributed by atoms with Crippen LogP contribution in [0.1, 0.15) is 5.56 Å². The molecule has 3 heterocycles. The van der Waals surface area contributed by atoms with Crippen molar-refractivity contribution in [2.75, 3.05) is 43.4 Å². The minimum absolute atomic E-state index is 0.298. The zero-order valence-electron chi connectivity index (χ0n) is 17.8. The monoisotopic (exact) mass is 416 g/mol. The van der Waals surface area contributed by atoms with Crippen molar-refractivity contribution in [1.29, 1.82) is 0 Å². The standard InChI is InChI=1S/C24H25FN6/c1-16(27-18-5-4-6-19(11-18)31-9-7-29(2)8-10-31)24-21-12-20(17-14-26-30(3)15-17)22(25)13-23(21)28-24/h4-6,11-15,27H,1,7-10H2,2-3H3. The highest BCUT2D eigenvalue weighted by Gasteiger charge is 2.25. The average Bonchev–Trinajstić information content (AvgIpc) is 3.17. The normalized spacial score (nSPS) is 15.8. The van der Waals surface area contributed by atoms with Crippen molar-refractivity contribution in [3.8, 4) is 11.1 Å². The summed E-state index contributed by atoms with van der Waals surface area (Å²) in [5.41, 5.74) is 6.42. The number of piperazine rings is 1. The summed E-state index contributed by atoms with van der Waals surface area (Å²) in [5.74, 6) is -0.298. The van der Waals surface area contributed by atoms with Gasteiger partial charge in [-0.15, -0.1) is 0 Å². The van der Waals surface area contributed by atoms with Gasteiger partial charge in [-0.05, 0) is 31.3 Å². The predicted octanol–water partition coefficient (Wildman–Crippen LogP) is 4.04. The summed E-state index contributed by atoms with van der Waals surface area (Å²) >= 11 is 0. The van der Waals surface area contributed by atoms with Crippen LogP contribution in [0.25, 0.3) is 11.1 Å². The van der Waals surface area contributed by atoms with E-state index in [1.165, 1.54) is 11.8 Å². The second-order valence-corrected chi connectivity index (χ2v) is 8.16. The Morgan fingerprint density at radius 3 is 2.61 bits per heavy atom. The second-order valence-electron chi connectivity index (χ2n) is 8.16. The second kappa shape index (κ2) is 7.67. The molecule has 1 fully saturated rings. The zero-order chi connectivity index (χ0) is 21.5. The van der Waals surface area contributed by atoms with Crippen LogP contribution in [0.5, 0.6) is 0 Å². The summed E-state index contributed by atoms with van der Waals surface area (Å²) < 4.78 is 16.2. The van der Waals surface area contributed by atoms with E-state index in [0.29, 0.717) is 16.9 Å². The smallest absolute Gasteiger partial charge is 0.133 e. The van der Waals surface area contributed by atoms with Crippen molar-refractivity contribution in [1.82, 2.24) is 14.7 Å². The Morgan fingerprint density at radius 1 is 1.06 bits per heavy atom. The van der Waals surface area contributed by atoms with Crippen LogP contribution in [0.4, 0.5) is 21.5 Å². The number of aliphatic imine (C=N–C) groups is 1. The fourth-order valence-electron chi connectivity index (χ4n) is 4.06. The summed E-state index contributed by atoms with van der Waals surface area (Å²) in [7, 11) is 3.97. The summed E-state index contributed by atoms with van der Waals surface area (Å²) in [5, 5.41) is 7.53. The maximum atomic E-state index is 14.5. The number of aryl methyl sites for hydroxylation is 1. The van der Waals surface area contributed by atoms with Gasteiger partial charge in [0.15, 0.2) is 0 Å². The molecule has 7 heteroatoms. The van der Waals surface area contributed by atoms with E-state index in [-0.39, 0.29) is 5.82 Å². The minimum atomic E-state index is -0.298. The van der Waals surface area contributed by atoms with Gasteiger partial charge in [0.2, 0.25) is 0 Å². The number of benzene rings is 2. The summed E-state index contributed by atoms with van der Waals surface area (Å²) in [6, 6.07) is 11.7. The number of rotatable bonds is 5. The fraction of sp³-hybridized carbons (Fsp3) is 0.250. The summed E-state index contributed by atoms with van der Waals surface area (Å²) in [6.07, 6.45) is 3.47. The average molecular weight is 417 g/mol. The van der Waals surface area contributed by atoms with E-state index in [1.807, 2.05) is 19.2 Å². The molecular formula is C24H25FN6. The Balaban J connectivity index is 1.33. The Bertz CT molecular complexity index is 1190. The van der Waals surface area contributed by atoms with Crippen molar-refractivity contribution in [2.24, 2.45) is 12.0 Å². The first-order valence-corrected chi connectivity index (χ1v) is 10.4. The molecule has 5 rings (SSSR count). The van der Waals surface area contributed by atoms with Crippen LogP contribution in [0.15, 0.2) is 66.1 Å². The lowest BCUT2D eigenvalue weighted by atomic mass is 9.95. The van der Waals surface area contributed by atoms with Gasteiger partial charge in [-0.1, -0.05) is 12.6 Å². The highest BCUT2D eigenvalue weighted by molar-refractivity contribution is 6.23. The van der Waals surface area contributed by atoms with E-state index in [0.717, 1.165) is 48.7 Å². The molecule has 3 aromatic rings. The van der Waals surface area contributed by atoms with Gasteiger partial charge in [-0.2, -0.15) is 5.10 Å². The number of halogens is 1. The SMILES string of the molecule is C=C(Nc1cccc(N2CCN(C)CC2)c1)C1=Nc2cc(F)c(-c3cnn(C)c3)cc21. The number of allylic oxidation sites excluding steroid dienone is 1. The molecule has 2 aliphatic heterocycles. The lowest BCUT2D eigenvalue weighted by Gasteiger charge is -2.34. The number of hydrogen-bond donors (Lipinski definition) is 1. The predicted molar refractivity (Wildman–Crippen MR) is 124 cm³/mol. The van der Waals surface area contributed by atoms with Crippen LogP contribution in [-0.4, -0.2) is 53.6 Å². The topological polar surface area (TPSA) is 48.7 Å². The van der Waals surface area contributed by atoms with Crippen LogP contribution in [0.3, 0.4) is 0 Å². The van der Waals surface area contributed by atoms with E-state index >= 15 is 0 Å². The maximum Gasteiger partial charge on any atom is 0.133 e. The molecule has 0 atom stereocenters. The lowest BCUT2D eigenvalue weighted by molar-refractivity contribution is 0.313. The molecule has 2 aromatic carbocycles. The van der Waals surface area contributed by atoms with Gasteiger partial charge in [0.25, 0.3) is 0 Å². The highest BCUT2D eigenvalue weighted by Crippen LogP contribution is 2.38. The van der Waals surface area contributed by atoms with Gasteiger partial charge in [0.05, 0.1) is 23.3 Å². The highest BCUT2D eigenvalue weighted by atomic mass is 19.1. The molecule has 2 aliphatic rings.